The minimum Gasteiger partial charge on any atom is -0.491 e. The molecule has 3 aliphatic rings. The second-order valence-corrected chi connectivity index (χ2v) is 11.0. The van der Waals surface area contributed by atoms with Crippen LogP contribution in [0, 0.1) is 11.3 Å². The maximum Gasteiger partial charge on any atom is 0.231 e. The van der Waals surface area contributed by atoms with Crippen molar-refractivity contribution in [2.45, 2.75) is 44.2 Å². The number of aliphatic hydroxyl groups is 1. The zero-order valence-electron chi connectivity index (χ0n) is 22.1. The van der Waals surface area contributed by atoms with E-state index < -0.39 is 11.7 Å². The second-order valence-electron chi connectivity index (χ2n) is 11.0. The highest BCUT2D eigenvalue weighted by molar-refractivity contribution is 5.96. The predicted molar refractivity (Wildman–Crippen MR) is 142 cm³/mol. The summed E-state index contributed by atoms with van der Waals surface area (Å²) in [5.74, 6) is 1.47. The molecule has 0 aromatic heterocycles. The van der Waals surface area contributed by atoms with Gasteiger partial charge in [-0.05, 0) is 50.2 Å². The molecule has 38 heavy (non-hydrogen) atoms. The van der Waals surface area contributed by atoms with E-state index in [9.17, 15) is 9.90 Å². The van der Waals surface area contributed by atoms with Gasteiger partial charge in [-0.2, -0.15) is 5.26 Å². The SMILES string of the molecule is CC1(C)CC(=O)N(CCN2CC3CN(C[C@@H](O)COc4ccc(C#N)cc4)CC(C2)O3)c2ccccc2O1. The molecule has 2 saturated heterocycles. The molecule has 5 rings (SSSR count). The van der Waals surface area contributed by atoms with E-state index in [1.165, 1.54) is 0 Å². The van der Waals surface area contributed by atoms with Crippen molar-refractivity contribution in [2.24, 2.45) is 0 Å². The van der Waals surface area contributed by atoms with Crippen LogP contribution >= 0.6 is 0 Å². The zero-order chi connectivity index (χ0) is 26.7. The third kappa shape index (κ3) is 6.45. The van der Waals surface area contributed by atoms with E-state index in [0.29, 0.717) is 30.8 Å². The molecule has 1 N–H and O–H groups in total. The maximum absolute atomic E-state index is 13.1. The van der Waals surface area contributed by atoms with Gasteiger partial charge in [0.05, 0.1) is 35.9 Å². The van der Waals surface area contributed by atoms with E-state index in [1.54, 1.807) is 24.3 Å². The fourth-order valence-corrected chi connectivity index (χ4v) is 5.54. The lowest BCUT2D eigenvalue weighted by molar-refractivity contribution is -0.142. The molecule has 2 bridgehead atoms. The predicted octanol–water partition coefficient (Wildman–Crippen LogP) is 2.28. The quantitative estimate of drug-likeness (QED) is 0.566. The summed E-state index contributed by atoms with van der Waals surface area (Å²) in [6, 6.07) is 16.7. The van der Waals surface area contributed by atoms with E-state index in [1.807, 2.05) is 43.0 Å². The molecule has 3 atom stereocenters. The number of hydrogen-bond acceptors (Lipinski definition) is 8. The number of amides is 1. The van der Waals surface area contributed by atoms with Crippen LogP contribution in [0.2, 0.25) is 0 Å². The summed E-state index contributed by atoms with van der Waals surface area (Å²) in [5.41, 5.74) is 0.867. The van der Waals surface area contributed by atoms with Crippen LogP contribution in [0.1, 0.15) is 25.8 Å². The molecule has 1 amide bonds. The lowest BCUT2D eigenvalue weighted by Gasteiger charge is -2.46. The van der Waals surface area contributed by atoms with Crippen LogP contribution < -0.4 is 14.4 Å². The molecule has 2 fully saturated rings. The Morgan fingerprint density at radius 1 is 1.05 bits per heavy atom. The van der Waals surface area contributed by atoms with Crippen LogP contribution in [0.3, 0.4) is 0 Å². The third-order valence-corrected chi connectivity index (χ3v) is 7.19. The average molecular weight is 521 g/mol. The van der Waals surface area contributed by atoms with Gasteiger partial charge in [-0.25, -0.2) is 0 Å². The van der Waals surface area contributed by atoms with Crippen molar-refractivity contribution in [3.8, 4) is 17.6 Å². The normalized spacial score (nSPS) is 24.1. The van der Waals surface area contributed by atoms with E-state index in [-0.39, 0.29) is 24.7 Å². The number of nitriles is 1. The summed E-state index contributed by atoms with van der Waals surface area (Å²) in [5, 5.41) is 19.5. The number of carbonyl (C=O) groups excluding carboxylic acids is 1. The van der Waals surface area contributed by atoms with Crippen molar-refractivity contribution in [3.63, 3.8) is 0 Å². The van der Waals surface area contributed by atoms with Gasteiger partial charge in [0, 0.05) is 45.8 Å². The smallest absolute Gasteiger partial charge is 0.231 e. The number of benzene rings is 2. The van der Waals surface area contributed by atoms with Gasteiger partial charge in [0.2, 0.25) is 5.91 Å². The summed E-state index contributed by atoms with van der Waals surface area (Å²) >= 11 is 0. The van der Waals surface area contributed by atoms with Crippen LogP contribution in [0.5, 0.6) is 11.5 Å². The Morgan fingerprint density at radius 2 is 1.74 bits per heavy atom. The van der Waals surface area contributed by atoms with Crippen molar-refractivity contribution >= 4 is 11.6 Å². The number of hydrogen-bond donors (Lipinski definition) is 1. The number of fused-ring (bicyclic) bond motifs is 3. The van der Waals surface area contributed by atoms with Gasteiger partial charge in [0.25, 0.3) is 0 Å². The Bertz CT molecular complexity index is 1150. The maximum atomic E-state index is 13.1. The number of morpholine rings is 2. The molecular formula is C29H36N4O5. The lowest BCUT2D eigenvalue weighted by Crippen LogP contribution is -2.61. The molecule has 0 spiro atoms. The molecule has 2 aromatic carbocycles. The van der Waals surface area contributed by atoms with Gasteiger partial charge in [-0.3, -0.25) is 14.6 Å². The van der Waals surface area contributed by atoms with Crippen molar-refractivity contribution < 1.29 is 24.1 Å². The fourth-order valence-electron chi connectivity index (χ4n) is 5.54. The Kier molecular flexibility index (Phi) is 7.86. The number of ether oxygens (including phenoxy) is 3. The van der Waals surface area contributed by atoms with Crippen LogP contribution in [-0.4, -0.2) is 97.1 Å². The molecule has 9 nitrogen and oxygen atoms in total. The summed E-state index contributed by atoms with van der Waals surface area (Å²) < 4.78 is 18.1. The van der Waals surface area contributed by atoms with Crippen molar-refractivity contribution in [2.75, 3.05) is 57.3 Å². The van der Waals surface area contributed by atoms with E-state index >= 15 is 0 Å². The topological polar surface area (TPSA) is 98.5 Å². The van der Waals surface area contributed by atoms with Crippen LogP contribution in [0.4, 0.5) is 5.69 Å². The highest BCUT2D eigenvalue weighted by Crippen LogP contribution is 2.36. The van der Waals surface area contributed by atoms with Crippen molar-refractivity contribution in [3.05, 3.63) is 54.1 Å². The molecular weight excluding hydrogens is 484 g/mol. The summed E-state index contributed by atoms with van der Waals surface area (Å²) in [6.07, 6.45) is -0.171. The van der Waals surface area contributed by atoms with Crippen molar-refractivity contribution in [1.29, 1.82) is 5.26 Å². The molecule has 0 radical (unpaired) electrons. The summed E-state index contributed by atoms with van der Waals surface area (Å²) in [6.45, 7) is 9.04. The number of para-hydroxylation sites is 2. The van der Waals surface area contributed by atoms with Gasteiger partial charge in [0.1, 0.15) is 29.8 Å². The Balaban J connectivity index is 1.11. The zero-order valence-corrected chi connectivity index (χ0v) is 22.1. The molecule has 202 valence electrons. The molecule has 2 aromatic rings. The Morgan fingerprint density at radius 3 is 2.45 bits per heavy atom. The first kappa shape index (κ1) is 26.4. The Hall–Kier alpha value is -3.16. The number of anilines is 1. The highest BCUT2D eigenvalue weighted by Gasteiger charge is 2.37. The van der Waals surface area contributed by atoms with Gasteiger partial charge >= 0.3 is 0 Å². The first-order chi connectivity index (χ1) is 18.3. The number of rotatable bonds is 8. The van der Waals surface area contributed by atoms with Crippen LogP contribution in [0.15, 0.2) is 48.5 Å². The Labute approximate surface area is 224 Å². The van der Waals surface area contributed by atoms with E-state index in [2.05, 4.69) is 15.9 Å². The van der Waals surface area contributed by atoms with E-state index in [0.717, 1.165) is 44.2 Å². The van der Waals surface area contributed by atoms with Gasteiger partial charge in [-0.15, -0.1) is 0 Å². The first-order valence-corrected chi connectivity index (χ1v) is 13.3. The third-order valence-electron chi connectivity index (χ3n) is 7.19. The summed E-state index contributed by atoms with van der Waals surface area (Å²) in [4.78, 5) is 19.6. The second kappa shape index (κ2) is 11.3. The molecule has 3 heterocycles. The standard InChI is InChI=1S/C29H36N4O5/c1-29(2)13-28(35)33(26-5-3-4-6-27(26)38-29)12-11-31-16-24-18-32(19-25(17-31)37-24)15-22(34)20-36-23-9-7-21(14-30)8-10-23/h3-10,22,24-25,34H,11-13,15-20H2,1-2H3/t22-,24?,25?/m1/s1. The van der Waals surface area contributed by atoms with Gasteiger partial charge < -0.3 is 24.2 Å². The average Bonchev–Trinajstić information content (AvgIpc) is 2.97. The lowest BCUT2D eigenvalue weighted by atomic mass is 10.0. The molecule has 2 unspecified atom stereocenters. The molecule has 0 aliphatic carbocycles. The first-order valence-electron chi connectivity index (χ1n) is 13.3. The minimum absolute atomic E-state index is 0.0588. The largest absolute Gasteiger partial charge is 0.491 e. The monoisotopic (exact) mass is 520 g/mol. The van der Waals surface area contributed by atoms with Crippen LogP contribution in [-0.2, 0) is 9.53 Å². The summed E-state index contributed by atoms with van der Waals surface area (Å²) in [7, 11) is 0. The number of β-amino-alcohol motifs (C(OH)–C–C–N with tert-alkyl or cyclic N) is 1. The minimum atomic E-state index is -0.624. The molecule has 9 heteroatoms. The van der Waals surface area contributed by atoms with Crippen molar-refractivity contribution in [1.82, 2.24) is 9.80 Å². The highest BCUT2D eigenvalue weighted by atomic mass is 16.5. The number of carbonyl (C=O) groups is 1. The van der Waals surface area contributed by atoms with Gasteiger partial charge in [0.15, 0.2) is 0 Å². The fraction of sp³-hybridized carbons (Fsp3) is 0.517. The van der Waals surface area contributed by atoms with E-state index in [4.69, 9.17) is 19.5 Å². The number of nitrogens with zero attached hydrogens (tertiary/aromatic N) is 4. The van der Waals surface area contributed by atoms with Crippen LogP contribution in [0.25, 0.3) is 0 Å². The molecule has 3 aliphatic heterocycles. The number of aliphatic hydroxyl groups excluding tert-OH is 1. The molecule has 0 saturated carbocycles. The van der Waals surface area contributed by atoms with Gasteiger partial charge in [-0.1, -0.05) is 12.1 Å².